The summed E-state index contributed by atoms with van der Waals surface area (Å²) in [7, 11) is 0. The van der Waals surface area contributed by atoms with Gasteiger partial charge in [-0.05, 0) is 6.92 Å². The molecule has 0 spiro atoms. The molecule has 0 saturated heterocycles. The molecule has 0 aliphatic carbocycles. The van der Waals surface area contributed by atoms with Gasteiger partial charge in [0.1, 0.15) is 0 Å². The third kappa shape index (κ3) is 9.97. The minimum absolute atomic E-state index is 0. The smallest absolute Gasteiger partial charge is 0.356 e. The molecule has 0 aliphatic heterocycles. The summed E-state index contributed by atoms with van der Waals surface area (Å²) in [5.74, 6) is -1.08. The van der Waals surface area contributed by atoms with Crippen molar-refractivity contribution in [3.63, 3.8) is 0 Å². The van der Waals surface area contributed by atoms with Gasteiger partial charge in [0.2, 0.25) is 0 Å². The van der Waals surface area contributed by atoms with Crippen LogP contribution in [-0.2, 0) is 170 Å². The van der Waals surface area contributed by atoms with Gasteiger partial charge in [0.05, 0.1) is 12.3 Å². The van der Waals surface area contributed by atoms with E-state index >= 15 is 0 Å². The molecule has 16 heavy (non-hydrogen) atoms. The van der Waals surface area contributed by atoms with Crippen molar-refractivity contribution in [2.45, 2.75) is 13.5 Å². The van der Waals surface area contributed by atoms with Crippen LogP contribution in [0.15, 0.2) is 0 Å². The number of aromatic amines is 1. The Kier molecular flexibility index (Phi) is 34.6. The number of rotatable bonds is 2. The number of carboxylic acids is 1. The van der Waals surface area contributed by atoms with E-state index in [0.717, 1.165) is 0 Å². The van der Waals surface area contributed by atoms with Gasteiger partial charge < -0.3 is 10.2 Å². The molecule has 5 nitrogen and oxygen atoms in total. The molecule has 1 rings (SSSR count). The molecule has 3 N–H and O–H groups in total. The van der Waals surface area contributed by atoms with Crippen LogP contribution in [0.4, 0.5) is 0 Å². The molecule has 0 aliphatic rings. The fourth-order valence-electron chi connectivity index (χ4n) is 0.796. The van der Waals surface area contributed by atoms with Crippen molar-refractivity contribution in [3.05, 3.63) is 17.0 Å². The molecule has 0 fully saturated rings. The van der Waals surface area contributed by atoms with Gasteiger partial charge in [-0.3, -0.25) is 5.10 Å². The number of nitrogens with one attached hydrogen (secondary N) is 1. The summed E-state index contributed by atoms with van der Waals surface area (Å²) in [6, 6.07) is 0. The molecule has 0 bridgehead atoms. The van der Waals surface area contributed by atoms with Gasteiger partial charge in [-0.15, -0.1) is 0 Å². The molecule has 5 radical (unpaired) electrons. The molecule has 0 aromatic carbocycles. The predicted octanol–water partition coefficient (Wildman–Crippen LogP) is -0.104. The first-order chi connectivity index (χ1) is 5.16. The van der Waals surface area contributed by atoms with Crippen LogP contribution in [-0.4, -0.2) is 26.4 Å². The normalized spacial score (nSPS) is 6.88. The molecule has 1 aromatic rings. The number of hydrogen-bond donors (Lipinski definition) is 3. The summed E-state index contributed by atoms with van der Waals surface area (Å²) >= 11 is 0. The number of hydrogen-bond acceptors (Lipinski definition) is 3. The van der Waals surface area contributed by atoms with Crippen LogP contribution < -0.4 is 0 Å². The largest absolute Gasteiger partial charge is 0.476 e. The van der Waals surface area contributed by atoms with Crippen molar-refractivity contribution >= 4 is 5.97 Å². The number of nitrogens with zero attached hydrogens (tertiary/aromatic N) is 1. The zero-order chi connectivity index (χ0) is 8.43. The molecule has 10 heteroatoms. The maximum atomic E-state index is 10.4. The summed E-state index contributed by atoms with van der Waals surface area (Å²) in [6.45, 7) is 1.38. The van der Waals surface area contributed by atoms with E-state index < -0.39 is 5.97 Å². The number of carbonyl (C=O) groups is 1. The van der Waals surface area contributed by atoms with Gasteiger partial charge in [-0.2, -0.15) is 5.10 Å². The van der Waals surface area contributed by atoms with Crippen molar-refractivity contribution in [1.82, 2.24) is 10.2 Å². The van der Waals surface area contributed by atoms with Crippen LogP contribution in [0.3, 0.4) is 0 Å². The van der Waals surface area contributed by atoms with Crippen LogP contribution in [0.2, 0.25) is 0 Å². The molecule has 0 amide bonds. The number of H-pyrrole nitrogens is 1. The average molecular weight is 601 g/mol. The van der Waals surface area contributed by atoms with Crippen molar-refractivity contribution in [1.29, 1.82) is 0 Å². The number of aromatic carboxylic acids is 1. The molecular formula is C6H8N2O3Y5. The minimum Gasteiger partial charge on any atom is -0.476 e. The van der Waals surface area contributed by atoms with Gasteiger partial charge >= 0.3 is 5.97 Å². The summed E-state index contributed by atoms with van der Waals surface area (Å²) in [5, 5.41) is 23.1. The topological polar surface area (TPSA) is 86.2 Å². The summed E-state index contributed by atoms with van der Waals surface area (Å²) < 4.78 is 0. The Bertz CT molecular complexity index is 294. The van der Waals surface area contributed by atoms with Crippen molar-refractivity contribution in [3.8, 4) is 0 Å². The van der Waals surface area contributed by atoms with E-state index in [1.54, 1.807) is 6.92 Å². The first-order valence-electron chi connectivity index (χ1n) is 3.04. The van der Waals surface area contributed by atoms with Crippen LogP contribution >= 0.6 is 0 Å². The second-order valence-corrected chi connectivity index (χ2v) is 2.14. The number of aromatic nitrogens is 2. The van der Waals surface area contributed by atoms with E-state index in [9.17, 15) is 4.79 Å². The van der Waals surface area contributed by atoms with Crippen LogP contribution in [0.1, 0.15) is 21.7 Å². The number of aliphatic hydroxyl groups excluding tert-OH is 1. The van der Waals surface area contributed by atoms with Gasteiger partial charge in [0.15, 0.2) is 5.69 Å². The maximum Gasteiger partial charge on any atom is 0.356 e. The molecular weight excluding hydrogens is 593 g/mol. The molecule has 1 heterocycles. The Morgan fingerprint density at radius 2 is 1.69 bits per heavy atom. The minimum atomic E-state index is -1.08. The van der Waals surface area contributed by atoms with Gasteiger partial charge in [-0.25, -0.2) is 4.79 Å². The third-order valence-corrected chi connectivity index (χ3v) is 1.47. The monoisotopic (exact) mass is 601 g/mol. The Balaban J connectivity index is -0.0000000807. The number of aliphatic hydroxyl groups is 1. The second kappa shape index (κ2) is 17.2. The molecule has 75 valence electrons. The third-order valence-electron chi connectivity index (χ3n) is 1.47. The molecule has 0 atom stereocenters. The zero-order valence-electron chi connectivity index (χ0n) is 8.84. The zero-order valence-corrected chi connectivity index (χ0v) is 23.0. The van der Waals surface area contributed by atoms with Crippen LogP contribution in [0, 0.1) is 6.92 Å². The maximum absolute atomic E-state index is 10.4. The first-order valence-corrected chi connectivity index (χ1v) is 3.04. The second-order valence-electron chi connectivity index (χ2n) is 2.14. The van der Waals surface area contributed by atoms with Gasteiger partial charge in [0, 0.05) is 169 Å². The molecule has 1 aromatic heterocycles. The van der Waals surface area contributed by atoms with E-state index in [4.69, 9.17) is 10.2 Å². The van der Waals surface area contributed by atoms with E-state index in [1.807, 2.05) is 0 Å². The first kappa shape index (κ1) is 32.2. The van der Waals surface area contributed by atoms with E-state index in [-0.39, 0.29) is 176 Å². The summed E-state index contributed by atoms with van der Waals surface area (Å²) in [6.07, 6.45) is 0. The summed E-state index contributed by atoms with van der Waals surface area (Å²) in [4.78, 5) is 10.4. The standard InChI is InChI=1S/C6H8N2O3.5Y/c1-3-4(2-9)7-8-5(3)6(10)11;;;;;/h9H,2H2,1H3,(H,7,8)(H,10,11);;;;;. The van der Waals surface area contributed by atoms with E-state index in [0.29, 0.717) is 11.3 Å². The predicted molar refractivity (Wildman–Crippen MR) is 36.2 cm³/mol. The fourth-order valence-corrected chi connectivity index (χ4v) is 0.796. The Morgan fingerprint density at radius 3 is 1.88 bits per heavy atom. The fraction of sp³-hybridized carbons (Fsp3) is 0.333. The molecule has 0 unspecified atom stereocenters. The summed E-state index contributed by atoms with van der Waals surface area (Å²) in [5.41, 5.74) is 0.899. The number of carboxylic acid groups (broad SMARTS) is 1. The Labute approximate surface area is 220 Å². The van der Waals surface area contributed by atoms with Crippen molar-refractivity contribution < 1.29 is 179 Å². The van der Waals surface area contributed by atoms with E-state index in [1.165, 1.54) is 0 Å². The Hall–Kier alpha value is 4.16. The van der Waals surface area contributed by atoms with Crippen LogP contribution in [0.5, 0.6) is 0 Å². The average Bonchev–Trinajstić information content (AvgIpc) is 2.30. The van der Waals surface area contributed by atoms with Gasteiger partial charge in [0.25, 0.3) is 0 Å². The van der Waals surface area contributed by atoms with E-state index in [2.05, 4.69) is 10.2 Å². The molecule has 0 saturated carbocycles. The Morgan fingerprint density at radius 1 is 1.25 bits per heavy atom. The SMILES string of the molecule is Cc1c(C(=O)O)n[nH]c1CO.[Y].[Y].[Y].[Y].[Y]. The quantitative estimate of drug-likeness (QED) is 0.443. The van der Waals surface area contributed by atoms with Crippen molar-refractivity contribution in [2.24, 2.45) is 0 Å². The van der Waals surface area contributed by atoms with Gasteiger partial charge in [-0.1, -0.05) is 0 Å². The van der Waals surface area contributed by atoms with Crippen molar-refractivity contribution in [2.75, 3.05) is 0 Å². The van der Waals surface area contributed by atoms with Crippen LogP contribution in [0.25, 0.3) is 0 Å².